The molecule has 2 fully saturated rings. The molecule has 0 bridgehead atoms. The Morgan fingerprint density at radius 2 is 1.66 bits per heavy atom. The summed E-state index contributed by atoms with van der Waals surface area (Å²) in [7, 11) is 0. The maximum absolute atomic E-state index is 13.1. The highest BCUT2D eigenvalue weighted by Crippen LogP contribution is 2.33. The Labute approximate surface area is 200 Å². The van der Waals surface area contributed by atoms with Crippen LogP contribution in [0.2, 0.25) is 0 Å². The van der Waals surface area contributed by atoms with Crippen molar-refractivity contribution in [3.05, 3.63) is 59.7 Å². The molecule has 1 N–H and O–H groups in total. The van der Waals surface area contributed by atoms with Crippen molar-refractivity contribution in [2.45, 2.75) is 19.5 Å². The lowest BCUT2D eigenvalue weighted by molar-refractivity contribution is -0.126. The van der Waals surface area contributed by atoms with Gasteiger partial charge in [-0.15, -0.1) is 0 Å². The second kappa shape index (κ2) is 9.81. The van der Waals surface area contributed by atoms with Crippen LogP contribution >= 0.6 is 0 Å². The lowest BCUT2D eigenvalue weighted by atomic mass is 9.92. The first-order valence-electron chi connectivity index (χ1n) is 11.6. The molecule has 2 amide bonds. The lowest BCUT2D eigenvalue weighted by Crippen LogP contribution is -2.33. The monoisotopic (exact) mass is 481 g/mol. The number of rotatable bonds is 5. The van der Waals surface area contributed by atoms with Gasteiger partial charge >= 0.3 is 6.61 Å². The van der Waals surface area contributed by atoms with E-state index in [0.717, 1.165) is 23.9 Å². The van der Waals surface area contributed by atoms with E-state index >= 15 is 0 Å². The summed E-state index contributed by atoms with van der Waals surface area (Å²) >= 11 is 0. The van der Waals surface area contributed by atoms with Gasteiger partial charge in [0.05, 0.1) is 0 Å². The van der Waals surface area contributed by atoms with E-state index in [9.17, 15) is 18.4 Å². The van der Waals surface area contributed by atoms with E-state index in [2.05, 4.69) is 20.1 Å². The summed E-state index contributed by atoms with van der Waals surface area (Å²) in [6, 6.07) is 11.5. The molecule has 182 valence electrons. The molecule has 2 aliphatic heterocycles. The Bertz CT molecular complexity index is 1230. The fourth-order valence-corrected chi connectivity index (χ4v) is 4.92. The summed E-state index contributed by atoms with van der Waals surface area (Å²) in [5.74, 6) is 0.724. The van der Waals surface area contributed by atoms with E-state index in [1.54, 1.807) is 36.4 Å². The van der Waals surface area contributed by atoms with Crippen LogP contribution in [0.3, 0.4) is 0 Å². The average molecular weight is 482 g/mol. The third-order valence-corrected chi connectivity index (χ3v) is 6.80. The van der Waals surface area contributed by atoms with Crippen LogP contribution in [-0.2, 0) is 4.79 Å². The molecule has 35 heavy (non-hydrogen) atoms. The zero-order valence-corrected chi connectivity index (χ0v) is 18.9. The number of benzene rings is 2. The Morgan fingerprint density at radius 3 is 2.34 bits per heavy atom. The summed E-state index contributed by atoms with van der Waals surface area (Å²) in [6.45, 7) is -0.220. The van der Waals surface area contributed by atoms with Crippen LogP contribution in [-0.4, -0.2) is 69.8 Å². The minimum Gasteiger partial charge on any atom is -0.435 e. The SMILES string of the molecule is O=C(C=Cc1ccc(OC(F)F)cc1)N1CCC2CN(C(=O)c3ccc4n[nH]nc4c3)CC2CC1. The maximum Gasteiger partial charge on any atom is 0.387 e. The second-order valence-corrected chi connectivity index (χ2v) is 8.94. The second-order valence-electron chi connectivity index (χ2n) is 8.94. The van der Waals surface area contributed by atoms with Crippen molar-refractivity contribution in [2.24, 2.45) is 11.8 Å². The van der Waals surface area contributed by atoms with Crippen molar-refractivity contribution >= 4 is 28.9 Å². The maximum atomic E-state index is 13.1. The molecule has 3 heterocycles. The van der Waals surface area contributed by atoms with Crippen LogP contribution in [0.15, 0.2) is 48.5 Å². The first kappa shape index (κ1) is 22.9. The van der Waals surface area contributed by atoms with Crippen molar-refractivity contribution in [1.29, 1.82) is 0 Å². The van der Waals surface area contributed by atoms with Gasteiger partial charge in [-0.2, -0.15) is 24.2 Å². The number of hydrogen-bond acceptors (Lipinski definition) is 5. The molecule has 0 radical (unpaired) electrons. The van der Waals surface area contributed by atoms with Crippen LogP contribution < -0.4 is 4.74 Å². The predicted octanol–water partition coefficient (Wildman–Crippen LogP) is 3.58. The number of halogens is 2. The number of alkyl halides is 2. The van der Waals surface area contributed by atoms with E-state index in [1.165, 1.54) is 18.2 Å². The number of aromatic amines is 1. The highest BCUT2D eigenvalue weighted by Gasteiger charge is 2.37. The van der Waals surface area contributed by atoms with Crippen molar-refractivity contribution in [1.82, 2.24) is 25.2 Å². The highest BCUT2D eigenvalue weighted by atomic mass is 19.3. The van der Waals surface area contributed by atoms with E-state index in [1.807, 2.05) is 9.80 Å². The van der Waals surface area contributed by atoms with E-state index in [-0.39, 0.29) is 17.6 Å². The summed E-state index contributed by atoms with van der Waals surface area (Å²) in [5, 5.41) is 10.7. The number of likely N-dealkylation sites (tertiary alicyclic amines) is 2. The molecule has 2 unspecified atom stereocenters. The normalized spacial score (nSPS) is 20.4. The van der Waals surface area contributed by atoms with Gasteiger partial charge in [0.15, 0.2) is 0 Å². The van der Waals surface area contributed by atoms with Crippen molar-refractivity contribution in [3.63, 3.8) is 0 Å². The first-order chi connectivity index (χ1) is 17.0. The first-order valence-corrected chi connectivity index (χ1v) is 11.6. The fraction of sp³-hybridized carbons (Fsp3) is 0.360. The number of nitrogens with one attached hydrogen (secondary N) is 1. The third kappa shape index (κ3) is 5.16. The number of nitrogens with zero attached hydrogens (tertiary/aromatic N) is 4. The van der Waals surface area contributed by atoms with Gasteiger partial charge in [-0.05, 0) is 66.6 Å². The number of aromatic nitrogens is 3. The van der Waals surface area contributed by atoms with E-state index in [4.69, 9.17) is 0 Å². The van der Waals surface area contributed by atoms with Crippen LogP contribution in [0, 0.1) is 11.8 Å². The Kier molecular flexibility index (Phi) is 6.43. The molecule has 2 aliphatic rings. The molecular weight excluding hydrogens is 456 g/mol. The number of carbonyl (C=O) groups is 2. The van der Waals surface area contributed by atoms with Crippen molar-refractivity contribution < 1.29 is 23.1 Å². The number of fused-ring (bicyclic) bond motifs is 2. The number of carbonyl (C=O) groups excluding carboxylic acids is 2. The molecule has 0 spiro atoms. The predicted molar refractivity (Wildman–Crippen MR) is 125 cm³/mol. The highest BCUT2D eigenvalue weighted by molar-refractivity contribution is 5.97. The molecule has 5 rings (SSSR count). The number of H-pyrrole nitrogens is 1. The van der Waals surface area contributed by atoms with Crippen molar-refractivity contribution in [2.75, 3.05) is 26.2 Å². The Balaban J connectivity index is 1.15. The van der Waals surface area contributed by atoms with Crippen LogP contribution in [0.5, 0.6) is 5.75 Å². The third-order valence-electron chi connectivity index (χ3n) is 6.80. The summed E-state index contributed by atoms with van der Waals surface area (Å²) < 4.78 is 28.9. The van der Waals surface area contributed by atoms with Gasteiger partial charge in [0, 0.05) is 37.8 Å². The minimum absolute atomic E-state index is 0.00353. The topological polar surface area (TPSA) is 91.4 Å². The van der Waals surface area contributed by atoms with Crippen LogP contribution in [0.1, 0.15) is 28.8 Å². The van der Waals surface area contributed by atoms with Gasteiger partial charge in [-0.1, -0.05) is 12.1 Å². The smallest absolute Gasteiger partial charge is 0.387 e. The Hall–Kier alpha value is -3.82. The van der Waals surface area contributed by atoms with Gasteiger partial charge in [-0.3, -0.25) is 9.59 Å². The summed E-state index contributed by atoms with van der Waals surface area (Å²) in [5.41, 5.74) is 2.73. The molecule has 10 heteroatoms. The molecule has 2 aromatic carbocycles. The molecule has 0 aliphatic carbocycles. The van der Waals surface area contributed by atoms with Gasteiger partial charge < -0.3 is 14.5 Å². The van der Waals surface area contributed by atoms with Gasteiger partial charge in [0.2, 0.25) is 5.91 Å². The quantitative estimate of drug-likeness (QED) is 0.563. The fourth-order valence-electron chi connectivity index (χ4n) is 4.92. The molecule has 2 atom stereocenters. The average Bonchev–Trinajstić information content (AvgIpc) is 3.44. The van der Waals surface area contributed by atoms with Gasteiger partial charge in [0.25, 0.3) is 5.91 Å². The number of ether oxygens (including phenoxy) is 1. The summed E-state index contributed by atoms with van der Waals surface area (Å²) in [4.78, 5) is 29.5. The summed E-state index contributed by atoms with van der Waals surface area (Å²) in [6.07, 6.45) is 4.87. The molecular formula is C25H25F2N5O3. The Morgan fingerprint density at radius 1 is 0.971 bits per heavy atom. The lowest BCUT2D eigenvalue weighted by Gasteiger charge is -2.21. The number of amides is 2. The minimum atomic E-state index is -2.87. The number of hydrogen-bond donors (Lipinski definition) is 1. The van der Waals surface area contributed by atoms with E-state index in [0.29, 0.717) is 49.1 Å². The van der Waals surface area contributed by atoms with Gasteiger partial charge in [-0.25, -0.2) is 0 Å². The zero-order chi connectivity index (χ0) is 24.4. The van der Waals surface area contributed by atoms with E-state index < -0.39 is 6.61 Å². The van der Waals surface area contributed by atoms with Crippen molar-refractivity contribution in [3.8, 4) is 5.75 Å². The van der Waals surface area contributed by atoms with Crippen LogP contribution in [0.25, 0.3) is 17.1 Å². The molecule has 1 aromatic heterocycles. The van der Waals surface area contributed by atoms with Crippen LogP contribution in [0.4, 0.5) is 8.78 Å². The zero-order valence-electron chi connectivity index (χ0n) is 18.9. The molecule has 2 saturated heterocycles. The van der Waals surface area contributed by atoms with Gasteiger partial charge in [0.1, 0.15) is 16.8 Å². The molecule has 3 aromatic rings. The largest absolute Gasteiger partial charge is 0.435 e. The molecule has 0 saturated carbocycles. The molecule has 8 nitrogen and oxygen atoms in total. The standard InChI is InChI=1S/C25H25F2N5O3/c26-25(27)35-20-5-1-16(2-6-20)3-8-23(33)31-11-9-18-14-32(15-19(18)10-12-31)24(34)17-4-7-21-22(13-17)29-30-28-21/h1-8,13,18-19,25H,9-12,14-15H2,(H,28,29,30).